The fourth-order valence-electron chi connectivity index (χ4n) is 6.34. The molecule has 0 radical (unpaired) electrons. The van der Waals surface area contributed by atoms with Gasteiger partial charge in [0.05, 0.1) is 13.2 Å². The van der Waals surface area contributed by atoms with Gasteiger partial charge in [-0.15, -0.1) is 0 Å². The Bertz CT molecular complexity index is 1430. The lowest BCUT2D eigenvalue weighted by molar-refractivity contribution is 0.304. The third kappa shape index (κ3) is 18.3. The first kappa shape index (κ1) is 41.4. The van der Waals surface area contributed by atoms with Crippen molar-refractivity contribution in [3.05, 3.63) is 78.9 Å². The Morgan fingerprint density at radius 3 is 1.11 bits per heavy atom. The van der Waals surface area contributed by atoms with Gasteiger partial charge in [0.2, 0.25) is 17.8 Å². The molecule has 0 saturated carbocycles. The van der Waals surface area contributed by atoms with Crippen LogP contribution in [0.4, 0.5) is 34.9 Å². The second-order valence-electron chi connectivity index (χ2n) is 14.2. The number of anilines is 6. The van der Waals surface area contributed by atoms with Crippen LogP contribution in [0.2, 0.25) is 0 Å². The molecule has 8 heteroatoms. The summed E-state index contributed by atoms with van der Waals surface area (Å²) in [6.07, 6.45) is 26.2. The van der Waals surface area contributed by atoms with E-state index in [1.54, 1.807) is 0 Å². The minimum atomic E-state index is 0.418. The number of unbranched alkanes of at least 4 members (excludes halogenated alkanes) is 18. The number of para-hydroxylation sites is 1. The molecule has 1 aromatic heterocycles. The van der Waals surface area contributed by atoms with Gasteiger partial charge in [-0.3, -0.25) is 0 Å². The molecule has 3 N–H and O–H groups in total. The number of benzene rings is 3. The van der Waals surface area contributed by atoms with Gasteiger partial charge in [0.1, 0.15) is 11.5 Å². The number of ether oxygens (including phenoxy) is 2. The normalized spacial score (nSPS) is 11.0. The number of hydrogen-bond donors (Lipinski definition) is 3. The second-order valence-corrected chi connectivity index (χ2v) is 14.2. The third-order valence-corrected chi connectivity index (χ3v) is 9.38. The van der Waals surface area contributed by atoms with Crippen LogP contribution in [-0.2, 0) is 0 Å². The fourth-order valence-corrected chi connectivity index (χ4v) is 6.34. The molecule has 0 aliphatic rings. The summed E-state index contributed by atoms with van der Waals surface area (Å²) in [7, 11) is 0. The van der Waals surface area contributed by atoms with Crippen molar-refractivity contribution >= 4 is 34.9 Å². The third-order valence-electron chi connectivity index (χ3n) is 9.38. The summed E-state index contributed by atoms with van der Waals surface area (Å²) in [5.74, 6) is 2.92. The SMILES string of the molecule is CCCCCCCCCCCCOc1cccc(Nc2nc(Nc3ccccc3)nc(Nc3cccc(OCCCCCCCCCCCC)c3)n2)c1. The van der Waals surface area contributed by atoms with E-state index >= 15 is 0 Å². The number of rotatable bonds is 30. The molecule has 0 aliphatic heterocycles. The van der Waals surface area contributed by atoms with E-state index in [0.717, 1.165) is 41.4 Å². The molecule has 288 valence electrons. The minimum absolute atomic E-state index is 0.418. The molecule has 0 amide bonds. The van der Waals surface area contributed by atoms with Crippen molar-refractivity contribution in [1.29, 1.82) is 0 Å². The van der Waals surface area contributed by atoms with Crippen LogP contribution in [0.1, 0.15) is 142 Å². The highest BCUT2D eigenvalue weighted by atomic mass is 16.5. The molecule has 0 saturated heterocycles. The van der Waals surface area contributed by atoms with Gasteiger partial charge in [-0.05, 0) is 49.2 Å². The van der Waals surface area contributed by atoms with Gasteiger partial charge < -0.3 is 25.4 Å². The summed E-state index contributed by atoms with van der Waals surface area (Å²) in [4.78, 5) is 14.1. The Hall–Kier alpha value is -4.33. The van der Waals surface area contributed by atoms with E-state index in [-0.39, 0.29) is 0 Å². The van der Waals surface area contributed by atoms with Gasteiger partial charge in [0.25, 0.3) is 0 Å². The number of hydrogen-bond acceptors (Lipinski definition) is 8. The lowest BCUT2D eigenvalue weighted by Crippen LogP contribution is -2.07. The Kier molecular flexibility index (Phi) is 20.7. The van der Waals surface area contributed by atoms with Gasteiger partial charge in [-0.25, -0.2) is 0 Å². The van der Waals surface area contributed by atoms with Crippen molar-refractivity contribution in [3.8, 4) is 11.5 Å². The lowest BCUT2D eigenvalue weighted by atomic mass is 10.1. The van der Waals surface area contributed by atoms with Gasteiger partial charge >= 0.3 is 0 Å². The van der Waals surface area contributed by atoms with Crippen molar-refractivity contribution in [1.82, 2.24) is 15.0 Å². The zero-order chi connectivity index (χ0) is 37.0. The molecule has 0 fully saturated rings. The minimum Gasteiger partial charge on any atom is -0.494 e. The van der Waals surface area contributed by atoms with Crippen LogP contribution < -0.4 is 25.4 Å². The molecule has 0 spiro atoms. The first-order valence-corrected chi connectivity index (χ1v) is 20.8. The molecule has 0 unspecified atom stereocenters. The summed E-state index contributed by atoms with van der Waals surface area (Å²) in [6.45, 7) is 5.98. The van der Waals surface area contributed by atoms with Crippen LogP contribution in [0.3, 0.4) is 0 Å². The van der Waals surface area contributed by atoms with E-state index in [1.165, 1.54) is 116 Å². The first-order valence-electron chi connectivity index (χ1n) is 20.8. The highest BCUT2D eigenvalue weighted by Gasteiger charge is 2.10. The van der Waals surface area contributed by atoms with E-state index in [1.807, 2.05) is 78.9 Å². The van der Waals surface area contributed by atoms with Crippen molar-refractivity contribution in [2.45, 2.75) is 142 Å². The molecule has 53 heavy (non-hydrogen) atoms. The predicted molar refractivity (Wildman–Crippen MR) is 224 cm³/mol. The van der Waals surface area contributed by atoms with E-state index in [2.05, 4.69) is 39.8 Å². The zero-order valence-corrected chi connectivity index (χ0v) is 32.7. The van der Waals surface area contributed by atoms with E-state index in [4.69, 9.17) is 14.5 Å². The standard InChI is InChI=1S/C45H66N6O2/c1-3-5-7-9-11-13-15-17-19-24-34-52-41-32-26-30-39(36-41)47-44-49-43(46-38-28-22-21-23-29-38)50-45(51-44)48-40-31-27-33-42(37-40)53-35-25-20-18-16-14-12-10-8-6-4-2/h21-23,26-33,36-37H,3-20,24-25,34-35H2,1-2H3,(H3,46,47,48,49,50,51). The van der Waals surface area contributed by atoms with E-state index in [0.29, 0.717) is 31.1 Å². The maximum absolute atomic E-state index is 6.12. The van der Waals surface area contributed by atoms with Crippen LogP contribution in [0.25, 0.3) is 0 Å². The van der Waals surface area contributed by atoms with Crippen LogP contribution >= 0.6 is 0 Å². The summed E-state index contributed by atoms with van der Waals surface area (Å²) < 4.78 is 12.2. The number of aromatic nitrogens is 3. The molecule has 0 bridgehead atoms. The summed E-state index contributed by atoms with van der Waals surface area (Å²) in [5.41, 5.74) is 2.58. The molecule has 8 nitrogen and oxygen atoms in total. The van der Waals surface area contributed by atoms with Crippen LogP contribution in [0.15, 0.2) is 78.9 Å². The average Bonchev–Trinajstić information content (AvgIpc) is 3.17. The van der Waals surface area contributed by atoms with Crippen LogP contribution in [0, 0.1) is 0 Å². The Labute approximate surface area is 320 Å². The Balaban J connectivity index is 1.27. The monoisotopic (exact) mass is 723 g/mol. The van der Waals surface area contributed by atoms with Gasteiger partial charge in [0.15, 0.2) is 0 Å². The summed E-state index contributed by atoms with van der Waals surface area (Å²) >= 11 is 0. The summed E-state index contributed by atoms with van der Waals surface area (Å²) in [5, 5.41) is 10.1. The first-order chi connectivity index (χ1) is 26.2. The smallest absolute Gasteiger partial charge is 0.233 e. The molecular formula is C45H66N6O2. The van der Waals surface area contributed by atoms with Gasteiger partial charge in [-0.1, -0.05) is 160 Å². The highest BCUT2D eigenvalue weighted by Crippen LogP contribution is 2.25. The van der Waals surface area contributed by atoms with Gasteiger partial charge in [0, 0.05) is 29.2 Å². The Morgan fingerprint density at radius 2 is 0.717 bits per heavy atom. The van der Waals surface area contributed by atoms with Gasteiger partial charge in [-0.2, -0.15) is 15.0 Å². The molecule has 0 atom stereocenters. The lowest BCUT2D eigenvalue weighted by Gasteiger charge is -2.13. The molecule has 4 rings (SSSR count). The summed E-state index contributed by atoms with van der Waals surface area (Å²) in [6, 6.07) is 25.8. The van der Waals surface area contributed by atoms with Crippen molar-refractivity contribution in [3.63, 3.8) is 0 Å². The van der Waals surface area contributed by atoms with Crippen molar-refractivity contribution in [2.24, 2.45) is 0 Å². The topological polar surface area (TPSA) is 93.2 Å². The fraction of sp³-hybridized carbons (Fsp3) is 0.533. The predicted octanol–water partition coefficient (Wildman–Crippen LogP) is 13.7. The average molecular weight is 723 g/mol. The maximum Gasteiger partial charge on any atom is 0.233 e. The van der Waals surface area contributed by atoms with E-state index in [9.17, 15) is 0 Å². The van der Waals surface area contributed by atoms with Crippen molar-refractivity contribution < 1.29 is 9.47 Å². The number of nitrogens with zero attached hydrogens (tertiary/aromatic N) is 3. The quantitative estimate of drug-likeness (QED) is 0.0458. The van der Waals surface area contributed by atoms with Crippen LogP contribution in [0.5, 0.6) is 11.5 Å². The molecular weight excluding hydrogens is 657 g/mol. The Morgan fingerprint density at radius 1 is 0.377 bits per heavy atom. The molecule has 3 aromatic carbocycles. The molecule has 4 aromatic rings. The van der Waals surface area contributed by atoms with E-state index < -0.39 is 0 Å². The second kappa shape index (κ2) is 26.4. The van der Waals surface area contributed by atoms with Crippen LogP contribution in [-0.4, -0.2) is 28.2 Å². The molecule has 0 aliphatic carbocycles. The zero-order valence-electron chi connectivity index (χ0n) is 32.7. The highest BCUT2D eigenvalue weighted by molar-refractivity contribution is 5.63. The van der Waals surface area contributed by atoms with Crippen molar-refractivity contribution in [2.75, 3.05) is 29.2 Å². The largest absolute Gasteiger partial charge is 0.494 e. The maximum atomic E-state index is 6.12. The number of nitrogens with one attached hydrogen (secondary N) is 3. The molecule has 1 heterocycles.